The number of aliphatic hydroxyl groups is 1. The highest BCUT2D eigenvalue weighted by atomic mass is 31.2. The van der Waals surface area contributed by atoms with Gasteiger partial charge in [-0.15, -0.1) is 0 Å². The Bertz CT molecular complexity index is 1410. The van der Waals surface area contributed by atoms with Gasteiger partial charge in [0.05, 0.1) is 19.0 Å². The van der Waals surface area contributed by atoms with E-state index in [4.69, 9.17) is 18.5 Å². The number of aliphatic hydroxyl groups excluding tert-OH is 1. The van der Waals surface area contributed by atoms with E-state index in [1.807, 2.05) is 11.9 Å². The third-order valence-electron chi connectivity index (χ3n) is 7.38. The summed E-state index contributed by atoms with van der Waals surface area (Å²) in [6, 6.07) is 7.50. The van der Waals surface area contributed by atoms with Crippen LogP contribution in [0.1, 0.15) is 65.1 Å². The van der Waals surface area contributed by atoms with Crippen LogP contribution in [0.5, 0.6) is 5.75 Å². The standard InChI is InChI=1S/C30H43FN5O7P/c1-18(2)33-27(35(8)22-14-15-22)25-21(6)36(17-32-25)29-30(7,31)26(37)24(42-29)16-40-44(39,43-23-12-10-9-11-13-23)34-20(5)28(38)41-19(3)4/h9-13,17,19-20,22,24,26,29,37H,1,14-16H2,2-8H3,(H,34,39)/b33-27+/t20-,24+,26+,29+,30+,44?/m0/s1. The average Bonchev–Trinajstić information content (AvgIpc) is 3.69. The smallest absolute Gasteiger partial charge is 0.459 e. The molecule has 2 heterocycles. The lowest BCUT2D eigenvalue weighted by molar-refractivity contribution is -0.149. The van der Waals surface area contributed by atoms with Crippen molar-refractivity contribution in [2.24, 2.45) is 4.99 Å². The lowest BCUT2D eigenvalue weighted by Gasteiger charge is -2.26. The van der Waals surface area contributed by atoms with Crippen molar-refractivity contribution in [2.75, 3.05) is 13.7 Å². The molecule has 12 nitrogen and oxygen atoms in total. The van der Waals surface area contributed by atoms with Gasteiger partial charge in [-0.1, -0.05) is 24.8 Å². The van der Waals surface area contributed by atoms with Crippen molar-refractivity contribution in [1.82, 2.24) is 19.5 Å². The molecule has 0 amide bonds. The molecule has 2 aliphatic rings. The van der Waals surface area contributed by atoms with Crippen molar-refractivity contribution in [2.45, 2.75) is 96.7 Å². The van der Waals surface area contributed by atoms with Crippen molar-refractivity contribution in [3.05, 3.63) is 60.3 Å². The monoisotopic (exact) mass is 635 g/mol. The zero-order valence-corrected chi connectivity index (χ0v) is 27.2. The molecule has 1 aromatic heterocycles. The number of carbonyl (C=O) groups excluding carboxylic acids is 1. The Morgan fingerprint density at radius 1 is 1.34 bits per heavy atom. The number of nitrogens with one attached hydrogen (secondary N) is 1. The van der Waals surface area contributed by atoms with Crippen molar-refractivity contribution in [3.63, 3.8) is 0 Å². The largest absolute Gasteiger partial charge is 0.462 e. The lowest BCUT2D eigenvalue weighted by atomic mass is 9.98. The van der Waals surface area contributed by atoms with E-state index in [0.29, 0.717) is 29.0 Å². The van der Waals surface area contributed by atoms with Crippen LogP contribution in [0, 0.1) is 6.92 Å². The second-order valence-corrected chi connectivity index (χ2v) is 13.4. The first-order valence-electron chi connectivity index (χ1n) is 14.6. The molecule has 44 heavy (non-hydrogen) atoms. The maximum Gasteiger partial charge on any atom is 0.459 e. The molecule has 1 saturated heterocycles. The molecule has 14 heteroatoms. The number of amidine groups is 1. The van der Waals surface area contributed by atoms with Crippen LogP contribution >= 0.6 is 7.75 Å². The van der Waals surface area contributed by atoms with E-state index in [2.05, 4.69) is 21.6 Å². The summed E-state index contributed by atoms with van der Waals surface area (Å²) in [6.45, 7) is 13.0. The van der Waals surface area contributed by atoms with Gasteiger partial charge in [0.25, 0.3) is 0 Å². The van der Waals surface area contributed by atoms with Crippen molar-refractivity contribution < 1.29 is 37.4 Å². The summed E-state index contributed by atoms with van der Waals surface area (Å²) in [7, 11) is -2.33. The molecule has 1 unspecified atom stereocenters. The van der Waals surface area contributed by atoms with E-state index >= 15 is 4.39 Å². The molecular weight excluding hydrogens is 592 g/mol. The lowest BCUT2D eigenvalue weighted by Crippen LogP contribution is -2.41. The van der Waals surface area contributed by atoms with E-state index in [1.165, 1.54) is 24.7 Å². The maximum absolute atomic E-state index is 16.2. The second kappa shape index (κ2) is 13.5. The van der Waals surface area contributed by atoms with Gasteiger partial charge < -0.3 is 28.6 Å². The number of rotatable bonds is 13. The number of carbonyl (C=O) groups is 1. The summed E-state index contributed by atoms with van der Waals surface area (Å²) in [5, 5.41) is 13.6. The molecule has 6 atom stereocenters. The van der Waals surface area contributed by atoms with Crippen LogP contribution in [0.3, 0.4) is 0 Å². The van der Waals surface area contributed by atoms with Crippen LogP contribution in [0.15, 0.2) is 53.9 Å². The summed E-state index contributed by atoms with van der Waals surface area (Å²) in [4.78, 5) is 23.6. The molecule has 2 fully saturated rings. The number of aromatic nitrogens is 2. The van der Waals surface area contributed by atoms with E-state index in [0.717, 1.165) is 12.8 Å². The van der Waals surface area contributed by atoms with E-state index in [-0.39, 0.29) is 5.75 Å². The van der Waals surface area contributed by atoms with E-state index in [9.17, 15) is 14.5 Å². The van der Waals surface area contributed by atoms with Crippen molar-refractivity contribution >= 4 is 19.6 Å². The molecule has 0 bridgehead atoms. The van der Waals surface area contributed by atoms with Gasteiger partial charge in [-0.2, -0.15) is 5.09 Å². The predicted octanol–water partition coefficient (Wildman–Crippen LogP) is 4.69. The molecule has 2 aromatic rings. The summed E-state index contributed by atoms with van der Waals surface area (Å²) < 4.78 is 54.1. The van der Waals surface area contributed by atoms with Gasteiger partial charge >= 0.3 is 13.7 Å². The normalized spacial score (nSPS) is 25.9. The Labute approximate surface area is 257 Å². The SMILES string of the molecule is C=C(C)/N=C(\c1ncn([C@@H]2O[C@H](COP(=O)(N[C@@H](C)C(=O)OC(C)C)Oc3ccccc3)[C@@H](O)[C@@]2(C)F)c1C)N(C)C1CC1. The Balaban J connectivity index is 1.54. The quantitative estimate of drug-likeness (QED) is 0.138. The zero-order chi connectivity index (χ0) is 32.4. The van der Waals surface area contributed by atoms with Crippen molar-refractivity contribution in [3.8, 4) is 5.75 Å². The van der Waals surface area contributed by atoms with E-state index < -0.39 is 56.6 Å². The Morgan fingerprint density at radius 2 is 2.00 bits per heavy atom. The Morgan fingerprint density at radius 3 is 2.59 bits per heavy atom. The van der Waals surface area contributed by atoms with Gasteiger partial charge in [0.1, 0.15) is 29.7 Å². The van der Waals surface area contributed by atoms with Crippen molar-refractivity contribution in [1.29, 1.82) is 0 Å². The van der Waals surface area contributed by atoms with Crippen LogP contribution in [-0.2, 0) is 23.4 Å². The molecule has 1 aliphatic carbocycles. The number of ether oxygens (including phenoxy) is 2. The summed E-state index contributed by atoms with van der Waals surface area (Å²) in [5.74, 6) is 0.159. The summed E-state index contributed by atoms with van der Waals surface area (Å²) in [6.07, 6.45) is -1.06. The second-order valence-electron chi connectivity index (χ2n) is 11.8. The number of allylic oxidation sites excluding steroid dienone is 1. The topological polar surface area (TPSA) is 137 Å². The first-order valence-corrected chi connectivity index (χ1v) is 16.2. The molecule has 1 aliphatic heterocycles. The Hall–Kier alpha value is -3.09. The minimum absolute atomic E-state index is 0.207. The average molecular weight is 636 g/mol. The number of nitrogens with zero attached hydrogens (tertiary/aromatic N) is 4. The highest BCUT2D eigenvalue weighted by Crippen LogP contribution is 2.48. The number of benzene rings is 1. The highest BCUT2D eigenvalue weighted by molar-refractivity contribution is 7.52. The zero-order valence-electron chi connectivity index (χ0n) is 26.3. The fourth-order valence-corrected chi connectivity index (χ4v) is 6.35. The maximum atomic E-state index is 16.2. The van der Waals surface area contributed by atoms with Gasteiger partial charge in [0, 0.05) is 24.5 Å². The molecule has 4 rings (SSSR count). The number of alkyl halides is 1. The number of hydrogen-bond acceptors (Lipinski definition) is 9. The number of esters is 1. The molecule has 0 spiro atoms. The first kappa shape index (κ1) is 33.8. The molecule has 0 radical (unpaired) electrons. The van der Waals surface area contributed by atoms with Gasteiger partial charge in [0.2, 0.25) is 0 Å². The Kier molecular flexibility index (Phi) is 10.4. The molecule has 1 aromatic carbocycles. The highest BCUT2D eigenvalue weighted by Gasteiger charge is 2.56. The first-order chi connectivity index (χ1) is 20.6. The van der Waals surface area contributed by atoms with Crippen LogP contribution in [0.2, 0.25) is 0 Å². The van der Waals surface area contributed by atoms with E-state index in [1.54, 1.807) is 58.0 Å². The predicted molar refractivity (Wildman–Crippen MR) is 163 cm³/mol. The van der Waals surface area contributed by atoms with Gasteiger partial charge in [-0.25, -0.2) is 18.9 Å². The number of halogens is 1. The number of imidazole rings is 1. The summed E-state index contributed by atoms with van der Waals surface area (Å²) >= 11 is 0. The van der Waals surface area contributed by atoms with Gasteiger partial charge in [0.15, 0.2) is 17.7 Å². The van der Waals surface area contributed by atoms with Crippen LogP contribution < -0.4 is 9.61 Å². The van der Waals surface area contributed by atoms with Crippen LogP contribution in [0.25, 0.3) is 0 Å². The molecule has 1 saturated carbocycles. The number of para-hydroxylation sites is 1. The fourth-order valence-electron chi connectivity index (χ4n) is 4.85. The third-order valence-corrected chi connectivity index (χ3v) is 9.03. The molecule has 2 N–H and O–H groups in total. The summed E-state index contributed by atoms with van der Waals surface area (Å²) in [5.41, 5.74) is -0.554. The number of aliphatic imine (C=N–C) groups is 1. The van der Waals surface area contributed by atoms with Crippen LogP contribution in [-0.4, -0.2) is 81.1 Å². The number of hydrogen-bond donors (Lipinski definition) is 2. The third kappa shape index (κ3) is 7.76. The minimum Gasteiger partial charge on any atom is -0.462 e. The van der Waals surface area contributed by atoms with Gasteiger partial charge in [-0.05, 0) is 66.5 Å². The van der Waals surface area contributed by atoms with Crippen LogP contribution in [0.4, 0.5) is 4.39 Å². The molecular formula is C30H43FN5O7P. The molecule has 242 valence electrons. The fraction of sp³-hybridized carbons (Fsp3) is 0.567. The van der Waals surface area contributed by atoms with Gasteiger partial charge in [-0.3, -0.25) is 9.32 Å². The minimum atomic E-state index is -4.27.